The molecule has 0 bridgehead atoms. The smallest absolute Gasteiger partial charge is 0.340 e. The molecule has 0 aromatic heterocycles. The first-order chi connectivity index (χ1) is 12.4. The molecule has 0 unspecified atom stereocenters. The number of esters is 1. The molecule has 0 fully saturated rings. The fourth-order valence-corrected chi connectivity index (χ4v) is 2.95. The van der Waals surface area contributed by atoms with Crippen molar-refractivity contribution in [3.8, 4) is 5.75 Å². The summed E-state index contributed by atoms with van der Waals surface area (Å²) in [6.45, 7) is 0.318. The van der Waals surface area contributed by atoms with Gasteiger partial charge in [-0.1, -0.05) is 39.1 Å². The number of rotatable bonds is 7. The second-order valence-electron chi connectivity index (χ2n) is 5.26. The van der Waals surface area contributed by atoms with E-state index in [1.54, 1.807) is 36.4 Å². The highest BCUT2D eigenvalue weighted by Crippen LogP contribution is 2.27. The molecule has 2 rings (SSSR count). The zero-order chi connectivity index (χ0) is 19.1. The van der Waals surface area contributed by atoms with E-state index < -0.39 is 5.97 Å². The number of hydrogen-bond acceptors (Lipinski definition) is 4. The third kappa shape index (κ3) is 5.90. The van der Waals surface area contributed by atoms with E-state index in [1.807, 2.05) is 0 Å². The van der Waals surface area contributed by atoms with Gasteiger partial charge >= 0.3 is 5.97 Å². The van der Waals surface area contributed by atoms with E-state index in [4.69, 9.17) is 32.7 Å². The van der Waals surface area contributed by atoms with Crippen LogP contribution in [0.4, 0.5) is 5.69 Å². The van der Waals surface area contributed by atoms with Crippen LogP contribution < -0.4 is 10.1 Å². The zero-order valence-corrected chi connectivity index (χ0v) is 17.0. The molecular formula is C18H16BrCl2NO4. The Kier molecular flexibility index (Phi) is 7.75. The highest BCUT2D eigenvalue weighted by Gasteiger charge is 2.14. The molecule has 8 heteroatoms. The van der Waals surface area contributed by atoms with Crippen molar-refractivity contribution >= 4 is 56.7 Å². The molecule has 1 amide bonds. The lowest BCUT2D eigenvalue weighted by Gasteiger charge is -2.11. The summed E-state index contributed by atoms with van der Waals surface area (Å²) in [6, 6.07) is 9.90. The summed E-state index contributed by atoms with van der Waals surface area (Å²) < 4.78 is 11.0. The quantitative estimate of drug-likeness (QED) is 0.447. The first-order valence-electron chi connectivity index (χ1n) is 7.66. The molecule has 0 aliphatic carbocycles. The number of amides is 1. The van der Waals surface area contributed by atoms with Crippen molar-refractivity contribution in [2.45, 2.75) is 12.8 Å². The number of benzene rings is 2. The van der Waals surface area contributed by atoms with Gasteiger partial charge in [0, 0.05) is 15.9 Å². The predicted molar refractivity (Wildman–Crippen MR) is 105 cm³/mol. The largest absolute Gasteiger partial charge is 0.492 e. The third-order valence-corrected chi connectivity index (χ3v) is 4.38. The first-order valence-corrected chi connectivity index (χ1v) is 9.21. The number of hydrogen-bond donors (Lipinski definition) is 1. The third-order valence-electron chi connectivity index (χ3n) is 3.36. The van der Waals surface area contributed by atoms with Crippen LogP contribution >= 0.6 is 39.1 Å². The van der Waals surface area contributed by atoms with Crippen molar-refractivity contribution < 1.29 is 19.1 Å². The van der Waals surface area contributed by atoms with E-state index in [9.17, 15) is 9.59 Å². The fraction of sp³-hybridized carbons (Fsp3) is 0.222. The van der Waals surface area contributed by atoms with Crippen LogP contribution in [0.5, 0.6) is 5.75 Å². The SMILES string of the molecule is COC(=O)c1cc(Br)ccc1NC(=O)CCCOc1ccc(Cl)cc1Cl. The Hall–Kier alpha value is -1.76. The molecular weight excluding hydrogens is 445 g/mol. The molecule has 0 spiro atoms. The van der Waals surface area contributed by atoms with Gasteiger partial charge in [0.25, 0.3) is 0 Å². The predicted octanol–water partition coefficient (Wildman–Crippen LogP) is 5.34. The molecule has 0 saturated heterocycles. The Morgan fingerprint density at radius 2 is 1.92 bits per heavy atom. The van der Waals surface area contributed by atoms with Gasteiger partial charge in [0.15, 0.2) is 0 Å². The summed E-state index contributed by atoms with van der Waals surface area (Å²) in [5.41, 5.74) is 0.672. The minimum absolute atomic E-state index is 0.224. The summed E-state index contributed by atoms with van der Waals surface area (Å²) in [5.74, 6) is -0.247. The Morgan fingerprint density at radius 1 is 1.15 bits per heavy atom. The number of carbonyl (C=O) groups is 2. The number of carbonyl (C=O) groups excluding carboxylic acids is 2. The lowest BCUT2D eigenvalue weighted by Crippen LogP contribution is -2.16. The maximum Gasteiger partial charge on any atom is 0.340 e. The summed E-state index contributed by atoms with van der Waals surface area (Å²) in [6.07, 6.45) is 0.705. The van der Waals surface area contributed by atoms with Crippen LogP contribution in [0.2, 0.25) is 10.0 Å². The molecule has 2 aromatic carbocycles. The molecule has 0 radical (unpaired) electrons. The molecule has 0 saturated carbocycles. The second kappa shape index (κ2) is 9.80. The average molecular weight is 461 g/mol. The van der Waals surface area contributed by atoms with Crippen LogP contribution in [0.15, 0.2) is 40.9 Å². The highest BCUT2D eigenvalue weighted by molar-refractivity contribution is 9.10. The number of methoxy groups -OCH3 is 1. The number of nitrogens with one attached hydrogen (secondary N) is 1. The summed E-state index contributed by atoms with van der Waals surface area (Å²) >= 11 is 15.1. The molecule has 1 N–H and O–H groups in total. The molecule has 26 heavy (non-hydrogen) atoms. The Bertz CT molecular complexity index is 814. The first kappa shape index (κ1) is 20.6. The van der Waals surface area contributed by atoms with Gasteiger partial charge in [-0.15, -0.1) is 0 Å². The molecule has 0 heterocycles. The average Bonchev–Trinajstić information content (AvgIpc) is 2.61. The van der Waals surface area contributed by atoms with Gasteiger partial charge in [0.05, 0.1) is 30.0 Å². The topological polar surface area (TPSA) is 64.6 Å². The van der Waals surface area contributed by atoms with E-state index >= 15 is 0 Å². The summed E-state index contributed by atoms with van der Waals surface area (Å²) in [4.78, 5) is 23.9. The number of anilines is 1. The van der Waals surface area contributed by atoms with Crippen LogP contribution in [0.25, 0.3) is 0 Å². The van der Waals surface area contributed by atoms with E-state index in [1.165, 1.54) is 7.11 Å². The summed E-state index contributed by atoms with van der Waals surface area (Å²) in [5, 5.41) is 3.65. The van der Waals surface area contributed by atoms with Gasteiger partial charge in [-0.3, -0.25) is 4.79 Å². The monoisotopic (exact) mass is 459 g/mol. The molecule has 0 aliphatic heterocycles. The van der Waals surface area contributed by atoms with Gasteiger partial charge in [0.1, 0.15) is 5.75 Å². The van der Waals surface area contributed by atoms with Crippen LogP contribution in [-0.4, -0.2) is 25.6 Å². The van der Waals surface area contributed by atoms with Gasteiger partial charge in [-0.2, -0.15) is 0 Å². The zero-order valence-electron chi connectivity index (χ0n) is 13.9. The Labute approximate surface area is 169 Å². The fourth-order valence-electron chi connectivity index (χ4n) is 2.12. The molecule has 138 valence electrons. The van der Waals surface area contributed by atoms with Gasteiger partial charge in [-0.05, 0) is 42.8 Å². The highest BCUT2D eigenvalue weighted by atomic mass is 79.9. The van der Waals surface area contributed by atoms with Crippen LogP contribution in [0, 0.1) is 0 Å². The van der Waals surface area contributed by atoms with Crippen molar-refractivity contribution in [3.05, 3.63) is 56.5 Å². The molecule has 2 aromatic rings. The Balaban J connectivity index is 1.86. The minimum Gasteiger partial charge on any atom is -0.492 e. The number of halogens is 3. The van der Waals surface area contributed by atoms with Gasteiger partial charge in [0.2, 0.25) is 5.91 Å². The molecule has 0 aliphatic rings. The van der Waals surface area contributed by atoms with Crippen LogP contribution in [0.1, 0.15) is 23.2 Å². The maximum atomic E-state index is 12.1. The van der Waals surface area contributed by atoms with Crippen molar-refractivity contribution in [2.75, 3.05) is 19.0 Å². The molecule has 5 nitrogen and oxygen atoms in total. The Morgan fingerprint density at radius 3 is 2.62 bits per heavy atom. The van der Waals surface area contributed by atoms with Crippen LogP contribution in [0.3, 0.4) is 0 Å². The summed E-state index contributed by atoms with van der Waals surface area (Å²) in [7, 11) is 1.29. The van der Waals surface area contributed by atoms with E-state index in [0.717, 1.165) is 0 Å². The number of ether oxygens (including phenoxy) is 2. The van der Waals surface area contributed by atoms with E-state index in [2.05, 4.69) is 21.2 Å². The van der Waals surface area contributed by atoms with E-state index in [-0.39, 0.29) is 17.9 Å². The van der Waals surface area contributed by atoms with Gasteiger partial charge in [-0.25, -0.2) is 4.79 Å². The van der Waals surface area contributed by atoms with Crippen molar-refractivity contribution in [3.63, 3.8) is 0 Å². The van der Waals surface area contributed by atoms with Crippen LogP contribution in [-0.2, 0) is 9.53 Å². The van der Waals surface area contributed by atoms with Crippen molar-refractivity contribution in [1.29, 1.82) is 0 Å². The standard InChI is InChI=1S/C18H16BrCl2NO4/c1-25-18(24)13-9-11(19)4-6-15(13)22-17(23)3-2-8-26-16-7-5-12(20)10-14(16)21/h4-7,9-10H,2-3,8H2,1H3,(H,22,23). The minimum atomic E-state index is -0.526. The molecule has 0 atom stereocenters. The van der Waals surface area contributed by atoms with Crippen molar-refractivity contribution in [2.24, 2.45) is 0 Å². The lowest BCUT2D eigenvalue weighted by atomic mass is 10.1. The lowest BCUT2D eigenvalue weighted by molar-refractivity contribution is -0.116. The van der Waals surface area contributed by atoms with Gasteiger partial charge < -0.3 is 14.8 Å². The van der Waals surface area contributed by atoms with Crippen molar-refractivity contribution in [1.82, 2.24) is 0 Å². The van der Waals surface area contributed by atoms with E-state index in [0.29, 0.717) is 39.0 Å². The normalized spacial score (nSPS) is 10.3. The second-order valence-corrected chi connectivity index (χ2v) is 7.02. The maximum absolute atomic E-state index is 12.1.